The van der Waals surface area contributed by atoms with Gasteiger partial charge in [-0.2, -0.15) is 0 Å². The van der Waals surface area contributed by atoms with E-state index < -0.39 is 0 Å². The summed E-state index contributed by atoms with van der Waals surface area (Å²) in [5, 5.41) is 5.87. The topological polar surface area (TPSA) is 70.7 Å². The number of ether oxygens (including phenoxy) is 1. The van der Waals surface area contributed by atoms with Gasteiger partial charge in [-0.1, -0.05) is 6.07 Å². The number of carbonyl (C=O) groups excluding carboxylic acids is 2. The quantitative estimate of drug-likeness (QED) is 0.812. The van der Waals surface area contributed by atoms with Gasteiger partial charge >= 0.3 is 0 Å². The van der Waals surface area contributed by atoms with Crippen LogP contribution in [0, 0.1) is 0 Å². The Bertz CT molecular complexity index is 729. The Morgan fingerprint density at radius 3 is 2.44 bits per heavy atom. The van der Waals surface area contributed by atoms with Crippen molar-refractivity contribution in [2.24, 2.45) is 0 Å². The van der Waals surface area contributed by atoms with Gasteiger partial charge in [-0.25, -0.2) is 0 Å². The van der Waals surface area contributed by atoms with Gasteiger partial charge < -0.3 is 20.3 Å². The van der Waals surface area contributed by atoms with E-state index in [1.165, 1.54) is 6.92 Å². The van der Waals surface area contributed by atoms with Crippen LogP contribution in [-0.2, 0) is 9.59 Å². The van der Waals surface area contributed by atoms with Crippen molar-refractivity contribution in [1.82, 2.24) is 0 Å². The van der Waals surface area contributed by atoms with E-state index in [0.29, 0.717) is 12.3 Å². The Hall–Kier alpha value is -3.02. The van der Waals surface area contributed by atoms with Crippen LogP contribution in [-0.4, -0.2) is 32.0 Å². The largest absolute Gasteiger partial charge is 0.494 e. The highest BCUT2D eigenvalue weighted by Crippen LogP contribution is 2.18. The molecule has 2 N–H and O–H groups in total. The highest BCUT2D eigenvalue weighted by atomic mass is 16.5. The number of benzene rings is 2. The monoisotopic (exact) mass is 341 g/mol. The van der Waals surface area contributed by atoms with E-state index in [1.54, 1.807) is 18.0 Å². The first-order valence-electron chi connectivity index (χ1n) is 8.10. The van der Waals surface area contributed by atoms with Crippen LogP contribution >= 0.6 is 0 Å². The van der Waals surface area contributed by atoms with Crippen LogP contribution in [0.25, 0.3) is 0 Å². The van der Waals surface area contributed by atoms with Crippen LogP contribution < -0.4 is 20.3 Å². The zero-order valence-corrected chi connectivity index (χ0v) is 14.7. The summed E-state index contributed by atoms with van der Waals surface area (Å²) < 4.78 is 5.41. The molecule has 0 spiro atoms. The van der Waals surface area contributed by atoms with Crippen LogP contribution in [0.4, 0.5) is 17.1 Å². The SMILES string of the molecule is CCOc1cccc(NC(=O)CNc2ccc(N(C)C(C)=O)cc2)c1. The summed E-state index contributed by atoms with van der Waals surface area (Å²) in [4.78, 5) is 24.9. The Balaban J connectivity index is 1.87. The third kappa shape index (κ3) is 5.53. The molecule has 0 unspecified atom stereocenters. The first-order chi connectivity index (χ1) is 12.0. The summed E-state index contributed by atoms with van der Waals surface area (Å²) in [6, 6.07) is 14.6. The number of rotatable bonds is 7. The van der Waals surface area contributed by atoms with Crippen molar-refractivity contribution >= 4 is 28.9 Å². The maximum Gasteiger partial charge on any atom is 0.243 e. The van der Waals surface area contributed by atoms with E-state index in [4.69, 9.17) is 4.74 Å². The molecule has 0 fully saturated rings. The zero-order valence-electron chi connectivity index (χ0n) is 14.7. The zero-order chi connectivity index (χ0) is 18.2. The molecule has 2 aromatic carbocycles. The van der Waals surface area contributed by atoms with Crippen LogP contribution in [0.2, 0.25) is 0 Å². The van der Waals surface area contributed by atoms with E-state index in [1.807, 2.05) is 49.4 Å². The lowest BCUT2D eigenvalue weighted by atomic mass is 10.2. The molecule has 0 aliphatic heterocycles. The minimum absolute atomic E-state index is 0.0330. The highest BCUT2D eigenvalue weighted by Gasteiger charge is 2.06. The van der Waals surface area contributed by atoms with Crippen LogP contribution in [0.1, 0.15) is 13.8 Å². The average Bonchev–Trinajstić information content (AvgIpc) is 2.60. The second-order valence-electron chi connectivity index (χ2n) is 5.49. The molecule has 0 bridgehead atoms. The molecule has 2 amide bonds. The van der Waals surface area contributed by atoms with Crippen molar-refractivity contribution in [1.29, 1.82) is 0 Å². The van der Waals surface area contributed by atoms with Crippen LogP contribution in [0.15, 0.2) is 48.5 Å². The highest BCUT2D eigenvalue weighted by molar-refractivity contribution is 5.94. The molecule has 2 aromatic rings. The fourth-order valence-electron chi connectivity index (χ4n) is 2.20. The van der Waals surface area contributed by atoms with Gasteiger partial charge in [0.1, 0.15) is 5.75 Å². The van der Waals surface area contributed by atoms with Crippen molar-refractivity contribution in [2.45, 2.75) is 13.8 Å². The van der Waals surface area contributed by atoms with E-state index in [9.17, 15) is 9.59 Å². The second-order valence-corrected chi connectivity index (χ2v) is 5.49. The third-order valence-electron chi connectivity index (χ3n) is 3.61. The minimum atomic E-state index is -0.154. The van der Waals surface area contributed by atoms with Gasteiger partial charge in [-0.05, 0) is 43.3 Å². The third-order valence-corrected chi connectivity index (χ3v) is 3.61. The van der Waals surface area contributed by atoms with Crippen LogP contribution in [0.5, 0.6) is 5.75 Å². The normalized spacial score (nSPS) is 10.0. The van der Waals surface area contributed by atoms with Gasteiger partial charge in [0.05, 0.1) is 13.2 Å². The lowest BCUT2D eigenvalue weighted by Crippen LogP contribution is -2.23. The van der Waals surface area contributed by atoms with Gasteiger partial charge in [0, 0.05) is 37.1 Å². The molecule has 132 valence electrons. The molecule has 6 nitrogen and oxygen atoms in total. The summed E-state index contributed by atoms with van der Waals surface area (Å²) in [6.07, 6.45) is 0. The van der Waals surface area contributed by atoms with E-state index in [0.717, 1.165) is 17.1 Å². The predicted molar refractivity (Wildman–Crippen MR) is 100 cm³/mol. The summed E-state index contributed by atoms with van der Waals surface area (Å²) in [5.41, 5.74) is 2.30. The van der Waals surface area contributed by atoms with Gasteiger partial charge in [0.15, 0.2) is 0 Å². The number of nitrogens with one attached hydrogen (secondary N) is 2. The standard InChI is InChI=1S/C19H23N3O3/c1-4-25-18-7-5-6-16(12-18)21-19(24)13-20-15-8-10-17(11-9-15)22(3)14(2)23/h5-12,20H,4,13H2,1-3H3,(H,21,24). The van der Waals surface area contributed by atoms with Crippen molar-refractivity contribution in [2.75, 3.05) is 35.7 Å². The fourth-order valence-corrected chi connectivity index (χ4v) is 2.20. The molecule has 0 aromatic heterocycles. The number of anilines is 3. The maximum atomic E-state index is 12.1. The molecular weight excluding hydrogens is 318 g/mol. The molecular formula is C19H23N3O3. The lowest BCUT2D eigenvalue weighted by Gasteiger charge is -2.15. The smallest absolute Gasteiger partial charge is 0.243 e. The van der Waals surface area contributed by atoms with Crippen LogP contribution in [0.3, 0.4) is 0 Å². The minimum Gasteiger partial charge on any atom is -0.494 e. The first kappa shape index (κ1) is 18.3. The fraction of sp³-hybridized carbons (Fsp3) is 0.263. The van der Waals surface area contributed by atoms with Crippen molar-refractivity contribution in [3.05, 3.63) is 48.5 Å². The molecule has 2 rings (SSSR count). The maximum absolute atomic E-state index is 12.1. The summed E-state index contributed by atoms with van der Waals surface area (Å²) >= 11 is 0. The first-order valence-corrected chi connectivity index (χ1v) is 8.10. The molecule has 6 heteroatoms. The van der Waals surface area contributed by atoms with Crippen molar-refractivity contribution in [3.8, 4) is 5.75 Å². The number of carbonyl (C=O) groups is 2. The van der Waals surface area contributed by atoms with Gasteiger partial charge in [-0.3, -0.25) is 9.59 Å². The van der Waals surface area contributed by atoms with Crippen molar-refractivity contribution in [3.63, 3.8) is 0 Å². The number of hydrogen-bond donors (Lipinski definition) is 2. The molecule has 0 saturated carbocycles. The van der Waals surface area contributed by atoms with E-state index in [-0.39, 0.29) is 18.4 Å². The Kier molecular flexibility index (Phi) is 6.39. The van der Waals surface area contributed by atoms with E-state index in [2.05, 4.69) is 10.6 Å². The lowest BCUT2D eigenvalue weighted by molar-refractivity contribution is -0.116. The summed E-state index contributed by atoms with van der Waals surface area (Å²) in [6.45, 7) is 4.14. The van der Waals surface area contributed by atoms with Gasteiger partial charge in [-0.15, -0.1) is 0 Å². The molecule has 0 saturated heterocycles. The Morgan fingerprint density at radius 2 is 1.80 bits per heavy atom. The number of hydrogen-bond acceptors (Lipinski definition) is 4. The second kappa shape index (κ2) is 8.73. The predicted octanol–water partition coefficient (Wildman–Crippen LogP) is 3.12. The molecule has 0 aliphatic carbocycles. The summed E-state index contributed by atoms with van der Waals surface area (Å²) in [5.74, 6) is 0.534. The van der Waals surface area contributed by atoms with Gasteiger partial charge in [0.25, 0.3) is 0 Å². The number of nitrogens with zero attached hydrogens (tertiary/aromatic N) is 1. The van der Waals surface area contributed by atoms with E-state index >= 15 is 0 Å². The molecule has 0 atom stereocenters. The number of amides is 2. The Morgan fingerprint density at radius 1 is 1.08 bits per heavy atom. The summed E-state index contributed by atoms with van der Waals surface area (Å²) in [7, 11) is 1.72. The van der Waals surface area contributed by atoms with Crippen molar-refractivity contribution < 1.29 is 14.3 Å². The van der Waals surface area contributed by atoms with Gasteiger partial charge in [0.2, 0.25) is 11.8 Å². The molecule has 25 heavy (non-hydrogen) atoms. The molecule has 0 aliphatic rings. The average molecular weight is 341 g/mol. The molecule has 0 radical (unpaired) electrons. The molecule has 0 heterocycles. The Labute approximate surface area is 147 Å².